The lowest BCUT2D eigenvalue weighted by molar-refractivity contribution is -0.117. The van der Waals surface area contributed by atoms with Gasteiger partial charge in [0.25, 0.3) is 0 Å². The van der Waals surface area contributed by atoms with Gasteiger partial charge in [0.05, 0.1) is 5.75 Å². The third-order valence-electron chi connectivity index (χ3n) is 1.95. The highest BCUT2D eigenvalue weighted by atomic mass is 32.2. The highest BCUT2D eigenvalue weighted by molar-refractivity contribution is 8.01. The molecule has 0 radical (unpaired) electrons. The summed E-state index contributed by atoms with van der Waals surface area (Å²) in [7, 11) is 0. The molecule has 0 spiro atoms. The molecule has 2 aromatic rings. The van der Waals surface area contributed by atoms with Gasteiger partial charge in [-0.1, -0.05) is 41.3 Å². The van der Waals surface area contributed by atoms with Gasteiger partial charge in [0.2, 0.25) is 5.91 Å². The van der Waals surface area contributed by atoms with Gasteiger partial charge in [-0.3, -0.25) is 10.1 Å². The van der Waals surface area contributed by atoms with E-state index < -0.39 is 6.03 Å². The van der Waals surface area contributed by atoms with Crippen LogP contribution in [0.1, 0.15) is 0 Å². The molecule has 19 heavy (non-hydrogen) atoms. The van der Waals surface area contributed by atoms with Crippen LogP contribution in [0, 0.1) is 0 Å². The summed E-state index contributed by atoms with van der Waals surface area (Å²) in [5.74, 6) is -0.258. The molecule has 8 heteroatoms. The molecule has 0 atom stereocenters. The second-order valence-corrected chi connectivity index (χ2v) is 5.42. The Hall–Kier alpha value is -1.93. The van der Waals surface area contributed by atoms with E-state index in [0.29, 0.717) is 10.0 Å². The highest BCUT2D eigenvalue weighted by Gasteiger charge is 2.09. The van der Waals surface area contributed by atoms with Gasteiger partial charge in [-0.2, -0.15) is 0 Å². The monoisotopic (exact) mass is 294 g/mol. The molecule has 6 nitrogen and oxygen atoms in total. The van der Waals surface area contributed by atoms with Crippen LogP contribution >= 0.6 is 23.1 Å². The summed E-state index contributed by atoms with van der Waals surface area (Å²) in [4.78, 5) is 23.0. The van der Waals surface area contributed by atoms with Crippen LogP contribution in [0.15, 0.2) is 40.2 Å². The third kappa shape index (κ3) is 4.68. The van der Waals surface area contributed by atoms with E-state index >= 15 is 0 Å². The number of carbonyl (C=O) groups excluding carboxylic acids is 2. The Labute approximate surface area is 117 Å². The Morgan fingerprint density at radius 1 is 1.26 bits per heavy atom. The van der Waals surface area contributed by atoms with E-state index in [1.165, 1.54) is 23.1 Å². The maximum Gasteiger partial charge on any atom is 0.325 e. The Morgan fingerprint density at radius 2 is 2.05 bits per heavy atom. The van der Waals surface area contributed by atoms with Crippen LogP contribution in [0.4, 0.5) is 10.5 Å². The second kappa shape index (κ2) is 6.86. The summed E-state index contributed by atoms with van der Waals surface area (Å²) < 4.78 is 0.693. The Balaban J connectivity index is 1.74. The molecule has 0 aliphatic carbocycles. The first-order valence-electron chi connectivity index (χ1n) is 5.29. The first-order valence-corrected chi connectivity index (χ1v) is 7.15. The van der Waals surface area contributed by atoms with E-state index in [1.54, 1.807) is 29.8 Å². The molecule has 3 amide bonds. The standard InChI is InChI=1S/C11H10N4O2S2/c16-9(6-18-11-15-12-7-19-11)14-10(17)13-8-4-2-1-3-5-8/h1-5,7H,6H2,(H2,13,14,16,17). The van der Waals surface area contributed by atoms with Crippen molar-refractivity contribution >= 4 is 40.7 Å². The molecule has 1 aromatic carbocycles. The van der Waals surface area contributed by atoms with Crippen molar-refractivity contribution in [3.05, 3.63) is 35.8 Å². The van der Waals surface area contributed by atoms with Gasteiger partial charge in [-0.05, 0) is 12.1 Å². The fourth-order valence-electron chi connectivity index (χ4n) is 1.20. The van der Waals surface area contributed by atoms with Crippen molar-refractivity contribution in [2.24, 2.45) is 0 Å². The van der Waals surface area contributed by atoms with Crippen molar-refractivity contribution in [1.29, 1.82) is 0 Å². The predicted octanol–water partition coefficient (Wildman–Crippen LogP) is 1.98. The molecular formula is C11H10N4O2S2. The zero-order chi connectivity index (χ0) is 13.5. The van der Waals surface area contributed by atoms with Gasteiger partial charge in [-0.15, -0.1) is 10.2 Å². The van der Waals surface area contributed by atoms with Crippen LogP contribution in [-0.4, -0.2) is 27.9 Å². The molecule has 0 aliphatic heterocycles. The van der Waals surface area contributed by atoms with Gasteiger partial charge in [0.1, 0.15) is 5.51 Å². The van der Waals surface area contributed by atoms with E-state index in [2.05, 4.69) is 20.8 Å². The van der Waals surface area contributed by atoms with Crippen LogP contribution in [0.3, 0.4) is 0 Å². The third-order valence-corrected chi connectivity index (χ3v) is 3.81. The number of carbonyl (C=O) groups is 2. The van der Waals surface area contributed by atoms with Gasteiger partial charge in [-0.25, -0.2) is 4.79 Å². The first kappa shape index (κ1) is 13.5. The predicted molar refractivity (Wildman–Crippen MR) is 74.2 cm³/mol. The zero-order valence-electron chi connectivity index (χ0n) is 9.70. The molecule has 2 rings (SSSR count). The summed E-state index contributed by atoms with van der Waals surface area (Å²) in [6, 6.07) is 8.35. The number of hydrogen-bond donors (Lipinski definition) is 2. The average Bonchev–Trinajstić information content (AvgIpc) is 2.90. The van der Waals surface area contributed by atoms with Gasteiger partial charge in [0.15, 0.2) is 4.34 Å². The minimum atomic E-state index is -0.547. The minimum Gasteiger partial charge on any atom is -0.308 e. The van der Waals surface area contributed by atoms with Crippen molar-refractivity contribution in [2.75, 3.05) is 11.1 Å². The Bertz CT molecular complexity index is 545. The fraction of sp³-hybridized carbons (Fsp3) is 0.0909. The molecule has 1 aromatic heterocycles. The SMILES string of the molecule is O=C(CSc1nncs1)NC(=O)Nc1ccccc1. The van der Waals surface area contributed by atoms with Crippen molar-refractivity contribution in [3.8, 4) is 0 Å². The maximum atomic E-state index is 11.5. The molecule has 0 aliphatic rings. The smallest absolute Gasteiger partial charge is 0.308 e. The molecule has 0 bridgehead atoms. The normalized spacial score (nSPS) is 9.89. The van der Waals surface area contributed by atoms with Crippen molar-refractivity contribution in [3.63, 3.8) is 0 Å². The number of imide groups is 1. The average molecular weight is 294 g/mol. The van der Waals surface area contributed by atoms with Gasteiger partial charge < -0.3 is 5.32 Å². The number of hydrogen-bond acceptors (Lipinski definition) is 6. The molecule has 0 unspecified atom stereocenters. The largest absolute Gasteiger partial charge is 0.325 e. The van der Waals surface area contributed by atoms with Crippen molar-refractivity contribution in [2.45, 2.75) is 4.34 Å². The second-order valence-electron chi connectivity index (χ2n) is 3.36. The Morgan fingerprint density at radius 3 is 2.74 bits per heavy atom. The van der Waals surface area contributed by atoms with E-state index in [0.717, 1.165) is 0 Å². The number of anilines is 1. The lowest BCUT2D eigenvalue weighted by Crippen LogP contribution is -2.35. The van der Waals surface area contributed by atoms with E-state index in [-0.39, 0.29) is 11.7 Å². The summed E-state index contributed by atoms with van der Waals surface area (Å²) in [6.07, 6.45) is 0. The topological polar surface area (TPSA) is 84.0 Å². The summed E-state index contributed by atoms with van der Waals surface area (Å²) in [6.45, 7) is 0. The molecule has 0 saturated heterocycles. The summed E-state index contributed by atoms with van der Waals surface area (Å²) in [5, 5.41) is 12.2. The van der Waals surface area contributed by atoms with E-state index in [9.17, 15) is 9.59 Å². The Kier molecular flexibility index (Phi) is 4.87. The highest BCUT2D eigenvalue weighted by Crippen LogP contribution is 2.18. The van der Waals surface area contributed by atoms with E-state index in [1.807, 2.05) is 6.07 Å². The molecule has 2 N–H and O–H groups in total. The van der Waals surface area contributed by atoms with Crippen LogP contribution in [-0.2, 0) is 4.79 Å². The number of aromatic nitrogens is 2. The lowest BCUT2D eigenvalue weighted by Gasteiger charge is -2.05. The number of rotatable bonds is 4. The number of para-hydroxylation sites is 1. The fourth-order valence-corrected chi connectivity index (χ4v) is 2.49. The van der Waals surface area contributed by atoms with Crippen LogP contribution < -0.4 is 10.6 Å². The summed E-state index contributed by atoms with van der Waals surface area (Å²) >= 11 is 2.58. The van der Waals surface area contributed by atoms with E-state index in [4.69, 9.17) is 0 Å². The number of nitrogens with one attached hydrogen (secondary N) is 2. The number of thioether (sulfide) groups is 1. The first-order chi connectivity index (χ1) is 9.24. The number of benzene rings is 1. The molecule has 1 heterocycles. The van der Waals surface area contributed by atoms with Gasteiger partial charge in [0, 0.05) is 5.69 Å². The number of urea groups is 1. The summed E-state index contributed by atoms with van der Waals surface area (Å²) in [5.41, 5.74) is 2.21. The van der Waals surface area contributed by atoms with Crippen molar-refractivity contribution < 1.29 is 9.59 Å². The zero-order valence-corrected chi connectivity index (χ0v) is 11.3. The molecule has 98 valence electrons. The van der Waals surface area contributed by atoms with Crippen LogP contribution in [0.25, 0.3) is 0 Å². The van der Waals surface area contributed by atoms with Crippen LogP contribution in [0.5, 0.6) is 0 Å². The quantitative estimate of drug-likeness (QED) is 0.842. The lowest BCUT2D eigenvalue weighted by atomic mass is 10.3. The van der Waals surface area contributed by atoms with Crippen LogP contribution in [0.2, 0.25) is 0 Å². The number of amides is 3. The van der Waals surface area contributed by atoms with Gasteiger partial charge >= 0.3 is 6.03 Å². The molecule has 0 saturated carbocycles. The molecular weight excluding hydrogens is 284 g/mol. The maximum absolute atomic E-state index is 11.5. The molecule has 0 fully saturated rings. The minimum absolute atomic E-state index is 0.122. The van der Waals surface area contributed by atoms with Crippen molar-refractivity contribution in [1.82, 2.24) is 15.5 Å². The number of nitrogens with zero attached hydrogens (tertiary/aromatic N) is 2.